The van der Waals surface area contributed by atoms with Crippen LogP contribution < -0.4 is 5.32 Å². The molecule has 0 aromatic carbocycles. The number of hydrogen-bond acceptors (Lipinski definition) is 3. The second-order valence-electron chi connectivity index (χ2n) is 3.85. The van der Waals surface area contributed by atoms with Gasteiger partial charge in [0.15, 0.2) is 9.84 Å². The van der Waals surface area contributed by atoms with Gasteiger partial charge >= 0.3 is 0 Å². The molecule has 0 amide bonds. The molecule has 0 spiro atoms. The lowest BCUT2D eigenvalue weighted by molar-refractivity contribution is 0.392. The van der Waals surface area contributed by atoms with Gasteiger partial charge in [0, 0.05) is 6.04 Å². The second kappa shape index (κ2) is 5.33. The van der Waals surface area contributed by atoms with E-state index in [1.54, 1.807) is 0 Å². The smallest absolute Gasteiger partial charge is 0.166 e. The highest BCUT2D eigenvalue weighted by molar-refractivity contribution is 7.93. The lowest BCUT2D eigenvalue weighted by atomic mass is 10.0. The van der Waals surface area contributed by atoms with E-state index in [9.17, 15) is 8.42 Å². The molecule has 3 nitrogen and oxygen atoms in total. The molecular formula is C9H18ClNO2S. The van der Waals surface area contributed by atoms with Crippen molar-refractivity contribution in [2.75, 3.05) is 12.3 Å². The molecule has 0 radical (unpaired) electrons. The van der Waals surface area contributed by atoms with Gasteiger partial charge in [-0.25, -0.2) is 8.42 Å². The Bertz CT molecular complexity index is 258. The van der Waals surface area contributed by atoms with E-state index in [-0.39, 0.29) is 5.75 Å². The molecule has 2 unspecified atom stereocenters. The van der Waals surface area contributed by atoms with Gasteiger partial charge in [0.1, 0.15) is 4.71 Å². The molecule has 0 aromatic rings. The predicted octanol–water partition coefficient (Wildman–Crippen LogP) is 1.52. The first kappa shape index (κ1) is 12.3. The van der Waals surface area contributed by atoms with Crippen molar-refractivity contribution in [1.82, 2.24) is 5.32 Å². The van der Waals surface area contributed by atoms with Crippen LogP contribution in [0.15, 0.2) is 0 Å². The van der Waals surface area contributed by atoms with Crippen molar-refractivity contribution in [3.63, 3.8) is 0 Å². The fourth-order valence-corrected chi connectivity index (χ4v) is 2.84. The Morgan fingerprint density at radius 1 is 1.50 bits per heavy atom. The van der Waals surface area contributed by atoms with Crippen LogP contribution in [0.5, 0.6) is 0 Å². The highest BCUT2D eigenvalue weighted by atomic mass is 35.5. The summed E-state index contributed by atoms with van der Waals surface area (Å²) < 4.78 is 22.1. The van der Waals surface area contributed by atoms with Gasteiger partial charge in [0.05, 0.1) is 5.75 Å². The van der Waals surface area contributed by atoms with E-state index in [4.69, 9.17) is 11.6 Å². The van der Waals surface area contributed by atoms with Crippen molar-refractivity contribution >= 4 is 21.4 Å². The second-order valence-corrected chi connectivity index (χ2v) is 7.20. The molecule has 1 aliphatic rings. The summed E-state index contributed by atoms with van der Waals surface area (Å²) in [5.41, 5.74) is 0. The molecule has 0 saturated carbocycles. The Balaban J connectivity index is 2.32. The van der Waals surface area contributed by atoms with Crippen molar-refractivity contribution in [3.8, 4) is 0 Å². The van der Waals surface area contributed by atoms with E-state index >= 15 is 0 Å². The van der Waals surface area contributed by atoms with Crippen molar-refractivity contribution < 1.29 is 8.42 Å². The molecule has 1 N–H and O–H groups in total. The molecule has 84 valence electrons. The van der Waals surface area contributed by atoms with Crippen molar-refractivity contribution in [1.29, 1.82) is 0 Å². The fourth-order valence-electron chi connectivity index (χ4n) is 1.64. The van der Waals surface area contributed by atoms with E-state index in [0.717, 1.165) is 13.0 Å². The maximum atomic E-state index is 11.4. The summed E-state index contributed by atoms with van der Waals surface area (Å²) in [5.74, 6) is 0.204. The summed E-state index contributed by atoms with van der Waals surface area (Å²) in [6.07, 6.45) is 4.19. The van der Waals surface area contributed by atoms with Crippen LogP contribution in [0.3, 0.4) is 0 Å². The van der Waals surface area contributed by atoms with Crippen LogP contribution in [0.25, 0.3) is 0 Å². The quantitative estimate of drug-likeness (QED) is 0.757. The zero-order chi connectivity index (χ0) is 10.6. The summed E-state index contributed by atoms with van der Waals surface area (Å²) in [6.45, 7) is 2.53. The Morgan fingerprint density at radius 2 is 2.21 bits per heavy atom. The zero-order valence-electron chi connectivity index (χ0n) is 8.50. The number of sulfone groups is 1. The molecule has 1 fully saturated rings. The van der Waals surface area contributed by atoms with Crippen molar-refractivity contribution in [2.45, 2.75) is 43.4 Å². The average molecular weight is 240 g/mol. The summed E-state index contributed by atoms with van der Waals surface area (Å²) in [4.78, 5) is 0. The number of alkyl halides is 1. The third-order valence-corrected chi connectivity index (χ3v) is 5.27. The summed E-state index contributed by atoms with van der Waals surface area (Å²) in [5, 5.41) is 3.32. The van der Waals surface area contributed by atoms with Crippen LogP contribution in [-0.4, -0.2) is 31.5 Å². The van der Waals surface area contributed by atoms with Gasteiger partial charge in [-0.05, 0) is 32.7 Å². The van der Waals surface area contributed by atoms with E-state index < -0.39 is 14.5 Å². The van der Waals surface area contributed by atoms with E-state index in [1.165, 1.54) is 19.8 Å². The number of rotatable bonds is 4. The molecule has 2 atom stereocenters. The minimum absolute atomic E-state index is 0.204. The molecule has 14 heavy (non-hydrogen) atoms. The lowest BCUT2D eigenvalue weighted by Gasteiger charge is -2.23. The molecule has 1 aliphatic heterocycles. The lowest BCUT2D eigenvalue weighted by Crippen LogP contribution is -2.35. The molecular weight excluding hydrogens is 222 g/mol. The maximum Gasteiger partial charge on any atom is 0.166 e. The number of hydrogen-bond donors (Lipinski definition) is 1. The summed E-state index contributed by atoms with van der Waals surface area (Å²) >= 11 is 5.58. The number of nitrogens with one attached hydrogen (secondary N) is 1. The molecule has 0 aliphatic carbocycles. The van der Waals surface area contributed by atoms with Crippen LogP contribution in [-0.2, 0) is 9.84 Å². The van der Waals surface area contributed by atoms with Crippen LogP contribution in [0.4, 0.5) is 0 Å². The third kappa shape index (κ3) is 3.75. The first-order valence-electron chi connectivity index (χ1n) is 5.11. The van der Waals surface area contributed by atoms with Crippen LogP contribution in [0, 0.1) is 0 Å². The topological polar surface area (TPSA) is 46.2 Å². The van der Waals surface area contributed by atoms with Gasteiger partial charge in [-0.3, -0.25) is 0 Å². The minimum atomic E-state index is -3.07. The Hall–Kier alpha value is 0.200. The van der Waals surface area contributed by atoms with Crippen LogP contribution >= 0.6 is 11.6 Å². The van der Waals surface area contributed by atoms with E-state index in [0.29, 0.717) is 12.5 Å². The first-order valence-corrected chi connectivity index (χ1v) is 7.26. The molecule has 5 heteroatoms. The van der Waals surface area contributed by atoms with Gasteiger partial charge < -0.3 is 5.32 Å². The highest BCUT2D eigenvalue weighted by Gasteiger charge is 2.21. The van der Waals surface area contributed by atoms with Gasteiger partial charge in [0.25, 0.3) is 0 Å². The van der Waals surface area contributed by atoms with E-state index in [1.807, 2.05) is 0 Å². The summed E-state index contributed by atoms with van der Waals surface area (Å²) in [7, 11) is -3.07. The Kier molecular flexibility index (Phi) is 4.67. The minimum Gasteiger partial charge on any atom is -0.314 e. The highest BCUT2D eigenvalue weighted by Crippen LogP contribution is 2.14. The normalized spacial score (nSPS) is 26.0. The predicted molar refractivity (Wildman–Crippen MR) is 59.4 cm³/mol. The monoisotopic (exact) mass is 239 g/mol. The third-order valence-electron chi connectivity index (χ3n) is 2.66. The summed E-state index contributed by atoms with van der Waals surface area (Å²) in [6, 6.07) is 0.369. The largest absolute Gasteiger partial charge is 0.314 e. The van der Waals surface area contributed by atoms with Gasteiger partial charge in [-0.1, -0.05) is 6.42 Å². The maximum absolute atomic E-state index is 11.4. The van der Waals surface area contributed by atoms with Gasteiger partial charge in [-0.15, -0.1) is 11.6 Å². The Morgan fingerprint density at radius 3 is 2.71 bits per heavy atom. The van der Waals surface area contributed by atoms with Gasteiger partial charge in [-0.2, -0.15) is 0 Å². The number of halogens is 1. The molecule has 1 heterocycles. The van der Waals surface area contributed by atoms with Crippen LogP contribution in [0.2, 0.25) is 0 Å². The molecule has 1 rings (SSSR count). The van der Waals surface area contributed by atoms with Gasteiger partial charge in [0.2, 0.25) is 0 Å². The van der Waals surface area contributed by atoms with E-state index in [2.05, 4.69) is 5.32 Å². The fraction of sp³-hybridized carbons (Fsp3) is 1.00. The SMILES string of the molecule is CC(Cl)S(=O)(=O)CCC1CCCCN1. The molecule has 0 bridgehead atoms. The zero-order valence-corrected chi connectivity index (χ0v) is 10.1. The first-order chi connectivity index (χ1) is 6.52. The van der Waals surface area contributed by atoms with Crippen molar-refractivity contribution in [3.05, 3.63) is 0 Å². The average Bonchev–Trinajstić information content (AvgIpc) is 2.16. The standard InChI is InChI=1S/C9H18ClNO2S/c1-8(10)14(12,13)7-5-9-4-2-3-6-11-9/h8-9,11H,2-7H2,1H3. The number of piperidine rings is 1. The Labute approximate surface area is 91.1 Å². The van der Waals surface area contributed by atoms with Crippen LogP contribution in [0.1, 0.15) is 32.6 Å². The van der Waals surface area contributed by atoms with Crippen molar-refractivity contribution in [2.24, 2.45) is 0 Å². The molecule has 1 saturated heterocycles. The molecule has 0 aromatic heterocycles.